The van der Waals surface area contributed by atoms with E-state index in [1.54, 1.807) is 12.1 Å². The number of nitrogens with one attached hydrogen (secondary N) is 2. The molecular formula is C17H21N3O2S2. The van der Waals surface area contributed by atoms with Gasteiger partial charge in [-0.1, -0.05) is 24.3 Å². The average Bonchev–Trinajstić information content (AvgIpc) is 2.51. The molecule has 2 rings (SSSR count). The molecule has 1 atom stereocenters. The summed E-state index contributed by atoms with van der Waals surface area (Å²) < 4.78 is 22.6. The lowest BCUT2D eigenvalue weighted by atomic mass is 10.1. The van der Waals surface area contributed by atoms with Crippen LogP contribution in [0, 0.1) is 13.8 Å². The third-order valence-corrected chi connectivity index (χ3v) is 5.06. The lowest BCUT2D eigenvalue weighted by molar-refractivity contribution is 0.597. The van der Waals surface area contributed by atoms with Gasteiger partial charge >= 0.3 is 0 Å². The van der Waals surface area contributed by atoms with Crippen LogP contribution in [0.25, 0.3) is 0 Å². The monoisotopic (exact) mass is 363 g/mol. The van der Waals surface area contributed by atoms with Crippen molar-refractivity contribution in [3.05, 3.63) is 59.2 Å². The van der Waals surface area contributed by atoms with Crippen molar-refractivity contribution >= 4 is 33.0 Å². The first-order valence-electron chi connectivity index (χ1n) is 7.45. The van der Waals surface area contributed by atoms with E-state index in [0.29, 0.717) is 5.11 Å². The highest BCUT2D eigenvalue weighted by Crippen LogP contribution is 2.19. The van der Waals surface area contributed by atoms with Gasteiger partial charge in [-0.3, -0.25) is 0 Å². The van der Waals surface area contributed by atoms with Crippen LogP contribution in [0.15, 0.2) is 47.4 Å². The van der Waals surface area contributed by atoms with Crippen molar-refractivity contribution < 1.29 is 8.42 Å². The zero-order valence-corrected chi connectivity index (χ0v) is 15.5. The fraction of sp³-hybridized carbons (Fsp3) is 0.235. The lowest BCUT2D eigenvalue weighted by Gasteiger charge is -2.19. The van der Waals surface area contributed by atoms with Gasteiger partial charge in [-0.15, -0.1) is 0 Å². The fourth-order valence-corrected chi connectivity index (χ4v) is 3.07. The van der Waals surface area contributed by atoms with Gasteiger partial charge in [-0.05, 0) is 67.9 Å². The Balaban J connectivity index is 2.05. The molecule has 0 aliphatic carbocycles. The van der Waals surface area contributed by atoms with E-state index in [-0.39, 0.29) is 10.9 Å². The van der Waals surface area contributed by atoms with E-state index in [0.717, 1.165) is 16.8 Å². The second-order valence-electron chi connectivity index (χ2n) is 5.68. The van der Waals surface area contributed by atoms with E-state index in [4.69, 9.17) is 17.4 Å². The summed E-state index contributed by atoms with van der Waals surface area (Å²) in [5, 5.41) is 12.0. The van der Waals surface area contributed by atoms with Gasteiger partial charge in [0.05, 0.1) is 10.9 Å². The van der Waals surface area contributed by atoms with E-state index in [2.05, 4.69) is 10.6 Å². The normalized spacial score (nSPS) is 12.5. The molecule has 7 heteroatoms. The highest BCUT2D eigenvalue weighted by atomic mass is 32.2. The summed E-state index contributed by atoms with van der Waals surface area (Å²) in [6, 6.07) is 12.3. The van der Waals surface area contributed by atoms with E-state index in [9.17, 15) is 8.42 Å². The fourth-order valence-electron chi connectivity index (χ4n) is 2.27. The Hall–Kier alpha value is -1.96. The SMILES string of the molecule is Cc1cccc(NC(=S)NC(C)c2ccc(S(N)(=O)=O)cc2)c1C. The van der Waals surface area contributed by atoms with Crippen LogP contribution in [0.5, 0.6) is 0 Å². The minimum Gasteiger partial charge on any atom is -0.356 e. The zero-order valence-electron chi connectivity index (χ0n) is 13.8. The molecule has 0 bridgehead atoms. The minimum atomic E-state index is -3.68. The zero-order chi connectivity index (χ0) is 17.9. The van der Waals surface area contributed by atoms with Crippen molar-refractivity contribution in [2.45, 2.75) is 31.7 Å². The van der Waals surface area contributed by atoms with Gasteiger partial charge in [0, 0.05) is 5.69 Å². The molecule has 0 fully saturated rings. The van der Waals surface area contributed by atoms with Crippen LogP contribution in [0.2, 0.25) is 0 Å². The van der Waals surface area contributed by atoms with Crippen molar-refractivity contribution in [3.63, 3.8) is 0 Å². The largest absolute Gasteiger partial charge is 0.356 e. The van der Waals surface area contributed by atoms with Gasteiger partial charge in [-0.2, -0.15) is 0 Å². The molecular weight excluding hydrogens is 342 g/mol. The van der Waals surface area contributed by atoms with Crippen molar-refractivity contribution in [2.75, 3.05) is 5.32 Å². The maximum Gasteiger partial charge on any atom is 0.238 e. The maximum atomic E-state index is 11.3. The number of aryl methyl sites for hydroxylation is 1. The van der Waals surface area contributed by atoms with Gasteiger partial charge in [0.15, 0.2) is 5.11 Å². The number of benzene rings is 2. The Morgan fingerprint density at radius 2 is 1.75 bits per heavy atom. The molecule has 0 aromatic heterocycles. The van der Waals surface area contributed by atoms with Crippen molar-refractivity contribution in [3.8, 4) is 0 Å². The molecule has 1 unspecified atom stereocenters. The summed E-state index contributed by atoms with van der Waals surface area (Å²) in [5.74, 6) is 0. The molecule has 24 heavy (non-hydrogen) atoms. The lowest BCUT2D eigenvalue weighted by Crippen LogP contribution is -2.31. The van der Waals surface area contributed by atoms with Gasteiger partial charge in [0.25, 0.3) is 0 Å². The standard InChI is InChI=1S/C17H21N3O2S2/c1-11-5-4-6-16(12(11)2)20-17(23)19-13(3)14-7-9-15(10-8-14)24(18,21)22/h4-10,13H,1-3H3,(H2,18,21,22)(H2,19,20,23). The van der Waals surface area contributed by atoms with E-state index in [1.807, 2.05) is 39.0 Å². The number of anilines is 1. The quantitative estimate of drug-likeness (QED) is 0.727. The summed E-state index contributed by atoms with van der Waals surface area (Å²) in [5.41, 5.74) is 4.21. The van der Waals surface area contributed by atoms with Crippen LogP contribution in [0.4, 0.5) is 5.69 Å². The van der Waals surface area contributed by atoms with Crippen LogP contribution >= 0.6 is 12.2 Å². The van der Waals surface area contributed by atoms with Crippen molar-refractivity contribution in [1.82, 2.24) is 5.32 Å². The smallest absolute Gasteiger partial charge is 0.238 e. The molecule has 0 amide bonds. The molecule has 0 radical (unpaired) electrons. The minimum absolute atomic E-state index is 0.0790. The Kier molecular flexibility index (Phi) is 5.58. The molecule has 0 aliphatic rings. The number of hydrogen-bond acceptors (Lipinski definition) is 3. The predicted molar refractivity (Wildman–Crippen MR) is 102 cm³/mol. The van der Waals surface area contributed by atoms with Crippen LogP contribution in [-0.4, -0.2) is 13.5 Å². The number of nitrogens with two attached hydrogens (primary N) is 1. The molecule has 128 valence electrons. The Labute approximate surface area is 148 Å². The van der Waals surface area contributed by atoms with E-state index in [1.165, 1.54) is 17.7 Å². The van der Waals surface area contributed by atoms with Gasteiger partial charge < -0.3 is 10.6 Å². The molecule has 0 saturated carbocycles. The molecule has 0 aliphatic heterocycles. The third-order valence-electron chi connectivity index (χ3n) is 3.91. The topological polar surface area (TPSA) is 84.2 Å². The Morgan fingerprint density at radius 1 is 1.12 bits per heavy atom. The first-order valence-corrected chi connectivity index (χ1v) is 9.40. The number of sulfonamides is 1. The summed E-state index contributed by atoms with van der Waals surface area (Å²) in [4.78, 5) is 0.0922. The van der Waals surface area contributed by atoms with Gasteiger partial charge in [-0.25, -0.2) is 13.6 Å². The number of rotatable bonds is 4. The van der Waals surface area contributed by atoms with E-state index < -0.39 is 10.0 Å². The first kappa shape index (κ1) is 18.4. The van der Waals surface area contributed by atoms with Gasteiger partial charge in [0.2, 0.25) is 10.0 Å². The van der Waals surface area contributed by atoms with Crippen LogP contribution < -0.4 is 15.8 Å². The molecule has 2 aromatic rings. The number of hydrogen-bond donors (Lipinski definition) is 3. The molecule has 0 spiro atoms. The number of primary sulfonamides is 1. The summed E-state index contributed by atoms with van der Waals surface area (Å²) >= 11 is 5.36. The van der Waals surface area contributed by atoms with Crippen LogP contribution in [0.1, 0.15) is 29.7 Å². The average molecular weight is 364 g/mol. The molecule has 2 aromatic carbocycles. The Bertz CT molecular complexity index is 847. The van der Waals surface area contributed by atoms with E-state index >= 15 is 0 Å². The number of thiocarbonyl (C=S) groups is 1. The molecule has 0 saturated heterocycles. The van der Waals surface area contributed by atoms with Crippen molar-refractivity contribution in [2.24, 2.45) is 5.14 Å². The third kappa shape index (κ3) is 4.53. The summed E-state index contributed by atoms with van der Waals surface area (Å²) in [6.45, 7) is 6.03. The molecule has 4 N–H and O–H groups in total. The summed E-state index contributed by atoms with van der Waals surface area (Å²) in [7, 11) is -3.68. The first-order chi connectivity index (χ1) is 11.2. The second kappa shape index (κ2) is 7.29. The maximum absolute atomic E-state index is 11.3. The Morgan fingerprint density at radius 3 is 2.33 bits per heavy atom. The highest BCUT2D eigenvalue weighted by molar-refractivity contribution is 7.89. The van der Waals surface area contributed by atoms with Gasteiger partial charge in [0.1, 0.15) is 0 Å². The predicted octanol–water partition coefficient (Wildman–Crippen LogP) is 3.00. The highest BCUT2D eigenvalue weighted by Gasteiger charge is 2.11. The second-order valence-corrected chi connectivity index (χ2v) is 7.65. The molecule has 0 heterocycles. The van der Waals surface area contributed by atoms with Crippen LogP contribution in [0.3, 0.4) is 0 Å². The summed E-state index contributed by atoms with van der Waals surface area (Å²) in [6.07, 6.45) is 0. The van der Waals surface area contributed by atoms with Crippen LogP contribution in [-0.2, 0) is 10.0 Å². The molecule has 5 nitrogen and oxygen atoms in total. The van der Waals surface area contributed by atoms with Crippen molar-refractivity contribution in [1.29, 1.82) is 0 Å².